The molecule has 11 nitrogen and oxygen atoms in total. The molecule has 2 unspecified atom stereocenters. The molecule has 2 atom stereocenters. The summed E-state index contributed by atoms with van der Waals surface area (Å²) in [4.78, 5) is 51.8. The Morgan fingerprint density at radius 2 is 1.57 bits per heavy atom. The fourth-order valence-corrected chi connectivity index (χ4v) is 5.37. The molecule has 4 rings (SSSR count). The molecule has 2 aromatic rings. The number of benzene rings is 2. The lowest BCUT2D eigenvalue weighted by atomic mass is 9.64. The predicted molar refractivity (Wildman–Crippen MR) is 126 cm³/mol. The number of fused-ring (bicyclic) bond motifs is 2. The van der Waals surface area contributed by atoms with Crippen molar-refractivity contribution in [1.82, 2.24) is 0 Å². The van der Waals surface area contributed by atoms with E-state index in [2.05, 4.69) is 10.5 Å². The molecule has 0 aromatic heterocycles. The van der Waals surface area contributed by atoms with Gasteiger partial charge < -0.3 is 10.2 Å². The number of nitrogens with zero attached hydrogens (tertiary/aromatic N) is 3. The Balaban J connectivity index is 1.61. The van der Waals surface area contributed by atoms with E-state index in [1.807, 2.05) is 39.0 Å². The Morgan fingerprint density at radius 1 is 0.971 bits per heavy atom. The van der Waals surface area contributed by atoms with Crippen molar-refractivity contribution in [2.75, 3.05) is 5.32 Å². The van der Waals surface area contributed by atoms with Crippen LogP contribution in [0.4, 0.5) is 17.1 Å². The van der Waals surface area contributed by atoms with Crippen molar-refractivity contribution in [3.05, 3.63) is 74.3 Å². The third-order valence-electron chi connectivity index (χ3n) is 8.00. The van der Waals surface area contributed by atoms with Crippen LogP contribution in [0.5, 0.6) is 0 Å². The van der Waals surface area contributed by atoms with Crippen LogP contribution in [0.2, 0.25) is 0 Å². The van der Waals surface area contributed by atoms with Gasteiger partial charge in [0, 0.05) is 29.7 Å². The van der Waals surface area contributed by atoms with Gasteiger partial charge in [0.05, 0.1) is 32.6 Å². The number of non-ortho nitro benzene ring substituents is 2. The maximum atomic E-state index is 13.5. The number of para-hydroxylation sites is 1. The highest BCUT2D eigenvalue weighted by molar-refractivity contribution is 6.06. The summed E-state index contributed by atoms with van der Waals surface area (Å²) in [7, 11) is 0. The quantitative estimate of drug-likeness (QED) is 0.351. The Labute approximate surface area is 200 Å². The number of nitrogens with one attached hydrogen (secondary N) is 1. The van der Waals surface area contributed by atoms with Gasteiger partial charge in [-0.2, -0.15) is 0 Å². The number of hydrogen-bond acceptors (Lipinski definition) is 8. The summed E-state index contributed by atoms with van der Waals surface area (Å²) in [6, 6.07) is 11.7. The number of amides is 1. The molecule has 2 bridgehead atoms. The van der Waals surface area contributed by atoms with E-state index in [-0.39, 0.29) is 17.9 Å². The Morgan fingerprint density at radius 3 is 2.14 bits per heavy atom. The van der Waals surface area contributed by atoms with Gasteiger partial charge in [0.2, 0.25) is 5.91 Å². The average molecular weight is 480 g/mol. The van der Waals surface area contributed by atoms with Crippen molar-refractivity contribution in [3.8, 4) is 0 Å². The van der Waals surface area contributed by atoms with Gasteiger partial charge in [-0.05, 0) is 30.4 Å². The highest BCUT2D eigenvalue weighted by Crippen LogP contribution is 2.71. The number of nitro groups is 2. The van der Waals surface area contributed by atoms with Crippen molar-refractivity contribution >= 4 is 34.7 Å². The first-order valence-electron chi connectivity index (χ1n) is 11.0. The highest BCUT2D eigenvalue weighted by atomic mass is 16.7. The Bertz CT molecular complexity index is 1240. The molecule has 182 valence electrons. The fraction of sp³-hybridized carbons (Fsp3) is 0.375. The van der Waals surface area contributed by atoms with Crippen molar-refractivity contribution < 1.29 is 24.3 Å². The molecule has 1 N–H and O–H groups in total. The lowest BCUT2D eigenvalue weighted by molar-refractivity contribution is -0.394. The molecule has 2 aromatic carbocycles. The Kier molecular flexibility index (Phi) is 5.66. The third-order valence-corrected chi connectivity index (χ3v) is 8.00. The molecule has 1 amide bonds. The maximum absolute atomic E-state index is 13.5. The van der Waals surface area contributed by atoms with E-state index in [1.165, 1.54) is 0 Å². The largest absolute Gasteiger partial charge is 0.366 e. The van der Waals surface area contributed by atoms with Crippen molar-refractivity contribution in [2.24, 2.45) is 21.4 Å². The smallest absolute Gasteiger partial charge is 0.326 e. The van der Waals surface area contributed by atoms with Gasteiger partial charge in [-0.15, -0.1) is 0 Å². The summed E-state index contributed by atoms with van der Waals surface area (Å²) >= 11 is 0. The van der Waals surface area contributed by atoms with Crippen LogP contribution < -0.4 is 5.32 Å². The lowest BCUT2D eigenvalue weighted by Gasteiger charge is -2.39. The molecule has 0 aliphatic heterocycles. The summed E-state index contributed by atoms with van der Waals surface area (Å²) in [6.07, 6.45) is 1.57. The van der Waals surface area contributed by atoms with E-state index < -0.39 is 43.4 Å². The number of oxime groups is 1. The lowest BCUT2D eigenvalue weighted by Crippen LogP contribution is -2.43. The molecular weight excluding hydrogens is 456 g/mol. The first kappa shape index (κ1) is 24.0. The summed E-state index contributed by atoms with van der Waals surface area (Å²) < 4.78 is 0. The van der Waals surface area contributed by atoms with Gasteiger partial charge in [-0.1, -0.05) is 44.1 Å². The molecule has 35 heavy (non-hydrogen) atoms. The van der Waals surface area contributed by atoms with Gasteiger partial charge >= 0.3 is 5.97 Å². The molecule has 2 aliphatic carbocycles. The van der Waals surface area contributed by atoms with E-state index in [9.17, 15) is 29.8 Å². The second-order valence-electron chi connectivity index (χ2n) is 9.71. The molecular formula is C24H24N4O7. The van der Waals surface area contributed by atoms with Crippen molar-refractivity contribution in [2.45, 2.75) is 40.0 Å². The van der Waals surface area contributed by atoms with Crippen LogP contribution in [-0.4, -0.2) is 27.4 Å². The summed E-state index contributed by atoms with van der Waals surface area (Å²) in [6.45, 7) is 5.97. The van der Waals surface area contributed by atoms with Crippen LogP contribution in [0.1, 0.15) is 50.4 Å². The topological polar surface area (TPSA) is 154 Å². The van der Waals surface area contributed by atoms with Crippen LogP contribution in [0, 0.1) is 36.5 Å². The summed E-state index contributed by atoms with van der Waals surface area (Å²) in [5, 5.41) is 29.3. The van der Waals surface area contributed by atoms with Crippen LogP contribution in [-0.2, 0) is 9.63 Å². The zero-order valence-electron chi connectivity index (χ0n) is 19.4. The highest BCUT2D eigenvalue weighted by Gasteiger charge is 2.71. The van der Waals surface area contributed by atoms with Crippen molar-refractivity contribution in [1.29, 1.82) is 0 Å². The molecule has 2 fully saturated rings. The molecule has 0 spiro atoms. The van der Waals surface area contributed by atoms with E-state index in [0.29, 0.717) is 24.2 Å². The van der Waals surface area contributed by atoms with Gasteiger partial charge in [0.25, 0.3) is 11.4 Å². The van der Waals surface area contributed by atoms with Crippen LogP contribution in [0.25, 0.3) is 0 Å². The third kappa shape index (κ3) is 3.72. The van der Waals surface area contributed by atoms with Crippen LogP contribution in [0.15, 0.2) is 53.7 Å². The fourth-order valence-electron chi connectivity index (χ4n) is 5.37. The van der Waals surface area contributed by atoms with E-state index in [0.717, 1.165) is 18.2 Å². The average Bonchev–Trinajstić information content (AvgIpc) is 3.13. The van der Waals surface area contributed by atoms with E-state index in [4.69, 9.17) is 4.84 Å². The standard InChI is InChI=1S/C24H24N4O7/c1-22(2)23(3)9-10-24(22,21(30)25-16-7-5-4-6-8-16)14-19(23)26-35-20(29)15-11-17(27(31)32)13-18(12-15)28(33)34/h4-8,11-13H,9-10,14H2,1-3H3,(H,25,30). The monoisotopic (exact) mass is 480 g/mol. The maximum Gasteiger partial charge on any atom is 0.366 e. The number of hydrogen-bond donors (Lipinski definition) is 1. The minimum Gasteiger partial charge on any atom is -0.326 e. The van der Waals surface area contributed by atoms with Gasteiger partial charge in [-0.3, -0.25) is 25.0 Å². The zero-order chi connectivity index (χ0) is 25.6. The van der Waals surface area contributed by atoms with Gasteiger partial charge in [0.15, 0.2) is 0 Å². The first-order chi connectivity index (χ1) is 16.4. The zero-order valence-corrected chi connectivity index (χ0v) is 19.4. The van der Waals surface area contributed by atoms with Crippen LogP contribution >= 0.6 is 0 Å². The number of carbonyl (C=O) groups is 2. The molecule has 0 heterocycles. The number of nitro benzene ring substituents is 2. The van der Waals surface area contributed by atoms with E-state index in [1.54, 1.807) is 12.1 Å². The van der Waals surface area contributed by atoms with Crippen LogP contribution in [0.3, 0.4) is 0 Å². The summed E-state index contributed by atoms with van der Waals surface area (Å²) in [5.41, 5.74) is -2.17. The minimum absolute atomic E-state index is 0.136. The van der Waals surface area contributed by atoms with Gasteiger partial charge in [-0.25, -0.2) is 4.79 Å². The second kappa shape index (κ2) is 8.26. The molecule has 11 heteroatoms. The Hall–Kier alpha value is -4.15. The van der Waals surface area contributed by atoms with Crippen molar-refractivity contribution in [3.63, 3.8) is 0 Å². The number of carbonyl (C=O) groups excluding carboxylic acids is 2. The van der Waals surface area contributed by atoms with Gasteiger partial charge in [0.1, 0.15) is 0 Å². The molecule has 2 aliphatic rings. The first-order valence-corrected chi connectivity index (χ1v) is 11.0. The number of anilines is 1. The minimum atomic E-state index is -1.06. The molecule has 2 saturated carbocycles. The summed E-state index contributed by atoms with van der Waals surface area (Å²) in [5.74, 6) is -1.19. The molecule has 0 radical (unpaired) electrons. The normalized spacial score (nSPS) is 25.3. The molecule has 0 saturated heterocycles. The predicted octanol–water partition coefficient (Wildman–Crippen LogP) is 4.87. The van der Waals surface area contributed by atoms with E-state index >= 15 is 0 Å². The number of rotatable bonds is 6. The SMILES string of the molecule is CC12CCC(C(=O)Nc3ccccc3)(CC1=NOC(=O)c1cc([N+](=O)[O-])cc([N+](=O)[O-])c1)C2(C)C. The second-order valence-corrected chi connectivity index (χ2v) is 9.71.